The van der Waals surface area contributed by atoms with Crippen LogP contribution in [0.5, 0.6) is 5.75 Å². The van der Waals surface area contributed by atoms with Crippen molar-refractivity contribution in [3.05, 3.63) is 65.5 Å². The van der Waals surface area contributed by atoms with Gasteiger partial charge in [0.2, 0.25) is 11.8 Å². The zero-order valence-corrected chi connectivity index (χ0v) is 17.0. The van der Waals surface area contributed by atoms with Crippen molar-refractivity contribution in [1.82, 2.24) is 4.98 Å². The van der Waals surface area contributed by atoms with Crippen LogP contribution in [0.15, 0.2) is 59.2 Å². The van der Waals surface area contributed by atoms with Crippen LogP contribution in [-0.2, 0) is 10.5 Å². The van der Waals surface area contributed by atoms with Crippen LogP contribution in [0.4, 0.5) is 18.9 Å². The standard InChI is InChI=1S/C20H16ClF3N2O3S/c21-14-6-7-17(29-12-20(22,23)24)16(8-14)26-18(27)11-30-10-15-9-28-19(25-15)13-4-2-1-3-5-13/h1-9H,10-12H2,(H,26,27). The third-order valence-corrected chi connectivity index (χ3v) is 4.86. The summed E-state index contributed by atoms with van der Waals surface area (Å²) in [5.74, 6) is 0.446. The summed E-state index contributed by atoms with van der Waals surface area (Å²) in [7, 11) is 0. The number of hydrogen-bond acceptors (Lipinski definition) is 5. The van der Waals surface area contributed by atoms with Crippen LogP contribution in [0.1, 0.15) is 5.69 Å². The van der Waals surface area contributed by atoms with Gasteiger partial charge in [0.25, 0.3) is 0 Å². The molecule has 0 aliphatic rings. The van der Waals surface area contributed by atoms with Crippen LogP contribution in [0.3, 0.4) is 0 Å². The van der Waals surface area contributed by atoms with Crippen molar-refractivity contribution in [3.8, 4) is 17.2 Å². The Morgan fingerprint density at radius 1 is 1.20 bits per heavy atom. The van der Waals surface area contributed by atoms with Gasteiger partial charge in [0.05, 0.1) is 17.1 Å². The highest BCUT2D eigenvalue weighted by Crippen LogP contribution is 2.30. The molecule has 0 bridgehead atoms. The van der Waals surface area contributed by atoms with E-state index in [0.717, 1.165) is 5.56 Å². The number of rotatable bonds is 8. The number of benzene rings is 2. The number of nitrogens with zero attached hydrogens (tertiary/aromatic N) is 1. The first-order valence-corrected chi connectivity index (χ1v) is 10.2. The number of carbonyl (C=O) groups excluding carboxylic acids is 1. The van der Waals surface area contributed by atoms with Gasteiger partial charge in [0.1, 0.15) is 12.0 Å². The van der Waals surface area contributed by atoms with Gasteiger partial charge in [0.15, 0.2) is 6.61 Å². The second-order valence-electron chi connectivity index (χ2n) is 6.10. The Bertz CT molecular complexity index is 996. The normalized spacial score (nSPS) is 11.3. The fraction of sp³-hybridized carbons (Fsp3) is 0.200. The fourth-order valence-corrected chi connectivity index (χ4v) is 3.28. The first kappa shape index (κ1) is 22.0. The summed E-state index contributed by atoms with van der Waals surface area (Å²) in [6.07, 6.45) is -2.97. The first-order valence-electron chi connectivity index (χ1n) is 8.67. The monoisotopic (exact) mass is 456 g/mol. The molecule has 0 saturated heterocycles. The molecule has 1 heterocycles. The van der Waals surface area contributed by atoms with Gasteiger partial charge in [-0.15, -0.1) is 11.8 Å². The molecule has 1 amide bonds. The number of nitrogens with one attached hydrogen (secondary N) is 1. The van der Waals surface area contributed by atoms with Gasteiger partial charge in [-0.1, -0.05) is 29.8 Å². The smallest absolute Gasteiger partial charge is 0.422 e. The average molecular weight is 457 g/mol. The zero-order chi connectivity index (χ0) is 21.6. The number of halogens is 4. The average Bonchev–Trinajstić information content (AvgIpc) is 3.16. The highest BCUT2D eigenvalue weighted by atomic mass is 35.5. The van der Waals surface area contributed by atoms with E-state index in [1.54, 1.807) is 0 Å². The van der Waals surface area contributed by atoms with Crippen LogP contribution >= 0.6 is 23.4 Å². The van der Waals surface area contributed by atoms with Gasteiger partial charge < -0.3 is 14.5 Å². The van der Waals surface area contributed by atoms with E-state index < -0.39 is 18.7 Å². The van der Waals surface area contributed by atoms with E-state index in [9.17, 15) is 18.0 Å². The largest absolute Gasteiger partial charge is 0.482 e. The molecule has 2 aromatic carbocycles. The molecule has 3 rings (SSSR count). The van der Waals surface area contributed by atoms with Crippen LogP contribution in [0.2, 0.25) is 5.02 Å². The van der Waals surface area contributed by atoms with Gasteiger partial charge >= 0.3 is 6.18 Å². The Balaban J connectivity index is 1.53. The lowest BCUT2D eigenvalue weighted by Crippen LogP contribution is -2.20. The van der Waals surface area contributed by atoms with Crippen LogP contribution in [0.25, 0.3) is 11.5 Å². The Hall–Kier alpha value is -2.65. The molecule has 0 atom stereocenters. The third kappa shape index (κ3) is 6.70. The molecule has 158 valence electrons. The van der Waals surface area contributed by atoms with E-state index in [-0.39, 0.29) is 22.2 Å². The highest BCUT2D eigenvalue weighted by molar-refractivity contribution is 7.99. The van der Waals surface area contributed by atoms with E-state index in [1.807, 2.05) is 30.3 Å². The summed E-state index contributed by atoms with van der Waals surface area (Å²) in [6.45, 7) is -1.47. The number of thioether (sulfide) groups is 1. The van der Waals surface area contributed by atoms with Crippen molar-refractivity contribution in [3.63, 3.8) is 0 Å². The van der Waals surface area contributed by atoms with Crippen LogP contribution in [-0.4, -0.2) is 29.4 Å². The minimum Gasteiger partial charge on any atom is -0.482 e. The number of oxazole rings is 1. The van der Waals surface area contributed by atoms with E-state index >= 15 is 0 Å². The lowest BCUT2D eigenvalue weighted by atomic mass is 10.2. The van der Waals surface area contributed by atoms with Crippen molar-refractivity contribution in [1.29, 1.82) is 0 Å². The fourth-order valence-electron chi connectivity index (χ4n) is 2.41. The number of carbonyl (C=O) groups is 1. The number of ether oxygens (including phenoxy) is 1. The van der Waals surface area contributed by atoms with Crippen molar-refractivity contribution in [2.24, 2.45) is 0 Å². The second kappa shape index (κ2) is 9.90. The minimum atomic E-state index is -4.49. The molecular formula is C20H16ClF3N2O3S. The van der Waals surface area contributed by atoms with E-state index in [0.29, 0.717) is 17.3 Å². The summed E-state index contributed by atoms with van der Waals surface area (Å²) in [4.78, 5) is 16.6. The summed E-state index contributed by atoms with van der Waals surface area (Å²) < 4.78 is 47.4. The Morgan fingerprint density at radius 2 is 1.97 bits per heavy atom. The molecule has 3 aromatic rings. The van der Waals surface area contributed by atoms with E-state index in [2.05, 4.69) is 10.3 Å². The van der Waals surface area contributed by atoms with Crippen molar-refractivity contribution in [2.75, 3.05) is 17.7 Å². The summed E-state index contributed by atoms with van der Waals surface area (Å²) >= 11 is 7.16. The molecule has 0 aliphatic carbocycles. The van der Waals surface area contributed by atoms with Gasteiger partial charge in [-0.25, -0.2) is 4.98 Å². The lowest BCUT2D eigenvalue weighted by Gasteiger charge is -2.14. The maximum absolute atomic E-state index is 12.4. The molecule has 5 nitrogen and oxygen atoms in total. The molecule has 0 fully saturated rings. The molecule has 0 saturated carbocycles. The Kier molecular flexibility index (Phi) is 7.28. The van der Waals surface area contributed by atoms with Crippen LogP contribution in [0, 0.1) is 0 Å². The SMILES string of the molecule is O=C(CSCc1coc(-c2ccccc2)n1)Nc1cc(Cl)ccc1OCC(F)(F)F. The quantitative estimate of drug-likeness (QED) is 0.463. The van der Waals surface area contributed by atoms with Crippen LogP contribution < -0.4 is 10.1 Å². The Morgan fingerprint density at radius 3 is 2.70 bits per heavy atom. The first-order chi connectivity index (χ1) is 14.3. The topological polar surface area (TPSA) is 64.4 Å². The molecule has 0 unspecified atom stereocenters. The number of amides is 1. The van der Waals surface area contributed by atoms with Gasteiger partial charge in [-0.2, -0.15) is 13.2 Å². The molecule has 1 N–H and O–H groups in total. The van der Waals surface area contributed by atoms with E-state index in [4.69, 9.17) is 20.8 Å². The number of aromatic nitrogens is 1. The van der Waals surface area contributed by atoms with Gasteiger partial charge in [-0.3, -0.25) is 4.79 Å². The maximum atomic E-state index is 12.4. The second-order valence-corrected chi connectivity index (χ2v) is 7.52. The van der Waals surface area contributed by atoms with Crippen molar-refractivity contribution >= 4 is 35.0 Å². The number of anilines is 1. The number of alkyl halides is 3. The summed E-state index contributed by atoms with van der Waals surface area (Å²) in [5, 5.41) is 2.78. The highest BCUT2D eigenvalue weighted by Gasteiger charge is 2.29. The van der Waals surface area contributed by atoms with Crippen molar-refractivity contribution in [2.45, 2.75) is 11.9 Å². The molecule has 1 aromatic heterocycles. The molecule has 0 aliphatic heterocycles. The minimum absolute atomic E-state index is 0.0543. The molecule has 10 heteroatoms. The molecule has 0 spiro atoms. The molecular weight excluding hydrogens is 441 g/mol. The van der Waals surface area contributed by atoms with Gasteiger partial charge in [-0.05, 0) is 30.3 Å². The van der Waals surface area contributed by atoms with E-state index in [1.165, 1.54) is 36.2 Å². The molecule has 0 radical (unpaired) electrons. The lowest BCUT2D eigenvalue weighted by molar-refractivity contribution is -0.153. The predicted octanol–water partition coefficient (Wildman–Crippen LogP) is 5.81. The number of hydrogen-bond donors (Lipinski definition) is 1. The summed E-state index contributed by atoms with van der Waals surface area (Å²) in [6, 6.07) is 13.4. The Labute approximate surface area is 179 Å². The maximum Gasteiger partial charge on any atom is 0.422 e. The van der Waals surface area contributed by atoms with Crippen molar-refractivity contribution < 1.29 is 27.1 Å². The van der Waals surface area contributed by atoms with Gasteiger partial charge in [0, 0.05) is 16.3 Å². The zero-order valence-electron chi connectivity index (χ0n) is 15.4. The third-order valence-electron chi connectivity index (χ3n) is 3.66. The predicted molar refractivity (Wildman–Crippen MR) is 110 cm³/mol. The summed E-state index contributed by atoms with van der Waals surface area (Å²) in [5.41, 5.74) is 1.59. The molecule has 30 heavy (non-hydrogen) atoms.